The Labute approximate surface area is 265 Å². The van der Waals surface area contributed by atoms with Crippen molar-refractivity contribution in [1.29, 1.82) is 0 Å². The van der Waals surface area contributed by atoms with E-state index in [0.717, 1.165) is 17.2 Å². The number of alkyl halides is 3. The second-order valence-corrected chi connectivity index (χ2v) is 12.2. The monoisotopic (exact) mass is 676 g/mol. The van der Waals surface area contributed by atoms with Crippen LogP contribution in [-0.2, 0) is 35.2 Å². The molecule has 3 rings (SSSR count). The molecule has 0 aliphatic rings. The van der Waals surface area contributed by atoms with E-state index in [0.29, 0.717) is 59.5 Å². The summed E-state index contributed by atoms with van der Waals surface area (Å²) in [6, 6.07) is 25.0. The normalized spacial score (nSPS) is 11.6. The van der Waals surface area contributed by atoms with Crippen molar-refractivity contribution in [1.82, 2.24) is 0 Å². The van der Waals surface area contributed by atoms with Crippen LogP contribution in [0.2, 0.25) is 0 Å². The van der Waals surface area contributed by atoms with Gasteiger partial charge >= 0.3 is 5.51 Å². The van der Waals surface area contributed by atoms with Crippen LogP contribution in [0, 0.1) is 0 Å². The third-order valence-corrected chi connectivity index (χ3v) is 8.36. The molecule has 0 amide bonds. The molecule has 0 aromatic heterocycles. The highest BCUT2D eigenvalue weighted by molar-refractivity contribution is 7.97. The summed E-state index contributed by atoms with van der Waals surface area (Å²) in [4.78, 5) is 3.60. The molecule has 250 valence electrons. The topological polar surface area (TPSA) is 113 Å². The van der Waals surface area contributed by atoms with Crippen LogP contribution in [0.3, 0.4) is 0 Å². The molecule has 0 radical (unpaired) electrons. The van der Waals surface area contributed by atoms with Crippen LogP contribution in [0.4, 0.5) is 13.2 Å². The van der Waals surface area contributed by atoms with Gasteiger partial charge in [0.1, 0.15) is 37.1 Å². The van der Waals surface area contributed by atoms with E-state index in [2.05, 4.69) is 36.4 Å². The molecule has 0 N–H and O–H groups in total. The van der Waals surface area contributed by atoms with E-state index >= 15 is 0 Å². The van der Waals surface area contributed by atoms with Gasteiger partial charge in [-0.2, -0.15) is 13.2 Å². The number of hydrogen-bond acceptors (Lipinski definition) is 9. The van der Waals surface area contributed by atoms with Crippen molar-refractivity contribution in [3.05, 3.63) is 72.8 Å². The molecule has 0 saturated heterocycles. The fourth-order valence-electron chi connectivity index (χ4n) is 3.51. The van der Waals surface area contributed by atoms with Gasteiger partial charge in [-0.3, -0.25) is 0 Å². The summed E-state index contributed by atoms with van der Waals surface area (Å²) >= 11 is 0. The molecule has 0 atom stereocenters. The fraction of sp³-hybridized carbons (Fsp3) is 0.419. The van der Waals surface area contributed by atoms with E-state index in [1.807, 2.05) is 57.2 Å². The lowest BCUT2D eigenvalue weighted by Gasteiger charge is -2.12. The summed E-state index contributed by atoms with van der Waals surface area (Å²) in [5.74, 6) is 2.51. The van der Waals surface area contributed by atoms with Gasteiger partial charge in [-0.1, -0.05) is 0 Å². The molecule has 9 nitrogen and oxygen atoms in total. The number of hydrogen-bond donors (Lipinski definition) is 0. The molecule has 0 spiro atoms. The predicted molar refractivity (Wildman–Crippen MR) is 163 cm³/mol. The number of rotatable bonds is 18. The first-order valence-corrected chi connectivity index (χ1v) is 16.8. The number of halogens is 3. The zero-order valence-corrected chi connectivity index (χ0v) is 27.0. The average Bonchev–Trinajstić information content (AvgIpc) is 3.01. The van der Waals surface area contributed by atoms with Crippen molar-refractivity contribution >= 4 is 21.0 Å². The molecule has 3 aromatic rings. The molecule has 45 heavy (non-hydrogen) atoms. The lowest BCUT2D eigenvalue weighted by Crippen LogP contribution is -2.21. The van der Waals surface area contributed by atoms with Crippen molar-refractivity contribution in [2.24, 2.45) is 0 Å². The molecule has 0 heterocycles. The summed E-state index contributed by atoms with van der Waals surface area (Å²) in [7, 11) is -6.40. The Morgan fingerprint density at radius 1 is 0.556 bits per heavy atom. The third-order valence-electron chi connectivity index (χ3n) is 5.56. The maximum atomic E-state index is 10.7. The van der Waals surface area contributed by atoms with Crippen LogP contribution >= 0.6 is 0 Å². The lowest BCUT2D eigenvalue weighted by atomic mass is 10.3. The maximum absolute atomic E-state index is 10.7. The quantitative estimate of drug-likeness (QED) is 0.0685. The molecule has 0 aliphatic carbocycles. The first-order chi connectivity index (χ1) is 21.5. The van der Waals surface area contributed by atoms with Gasteiger partial charge in [0.15, 0.2) is 24.8 Å². The lowest BCUT2D eigenvalue weighted by molar-refractivity contribution is -0.0517. The molecular weight excluding hydrogens is 637 g/mol. The van der Waals surface area contributed by atoms with Crippen molar-refractivity contribution < 1.29 is 54.6 Å². The standard InChI is InChI=1S/C30H39O6S.CHF3O3S/c1-4-31-19-22-34-25-7-13-28(14-8-25)37(29-15-9-26(10-16-29)35-23-20-32-5-2)30-17-11-27(12-18-30)36-24-21-33-6-3;2-1(3,4)8(5,6)7/h7-18H,4-6,19-24H2,1-3H3;(H,5,6,7)/q+1;/p-1. The molecule has 0 unspecified atom stereocenters. The Hall–Kier alpha value is -3.01. The molecule has 0 fully saturated rings. The molecule has 0 aliphatic heterocycles. The van der Waals surface area contributed by atoms with Crippen molar-refractivity contribution in [3.8, 4) is 17.2 Å². The second kappa shape index (κ2) is 20.2. The largest absolute Gasteiger partial charge is 0.741 e. The van der Waals surface area contributed by atoms with Crippen LogP contribution in [0.5, 0.6) is 17.2 Å². The second-order valence-electron chi connectivity index (χ2n) is 8.76. The van der Waals surface area contributed by atoms with Gasteiger partial charge in [0, 0.05) is 19.8 Å². The minimum Gasteiger partial charge on any atom is -0.741 e. The van der Waals surface area contributed by atoms with Gasteiger partial charge in [-0.15, -0.1) is 0 Å². The summed E-state index contributed by atoms with van der Waals surface area (Å²) in [5.41, 5.74) is -5.65. The van der Waals surface area contributed by atoms with Gasteiger partial charge in [-0.25, -0.2) is 8.42 Å². The first-order valence-electron chi connectivity index (χ1n) is 14.2. The third kappa shape index (κ3) is 14.3. The number of ether oxygens (including phenoxy) is 6. The minimum absolute atomic E-state index is 0.306. The first kappa shape index (κ1) is 38.2. The predicted octanol–water partition coefficient (Wildman–Crippen LogP) is 6.08. The zero-order chi connectivity index (χ0) is 33.1. The Morgan fingerprint density at radius 2 is 0.800 bits per heavy atom. The Bertz CT molecular complexity index is 1190. The van der Waals surface area contributed by atoms with Crippen LogP contribution < -0.4 is 14.2 Å². The van der Waals surface area contributed by atoms with Crippen LogP contribution in [0.15, 0.2) is 87.5 Å². The molecular formula is C31H39F3O9S2. The van der Waals surface area contributed by atoms with Gasteiger partial charge in [0.2, 0.25) is 0 Å². The van der Waals surface area contributed by atoms with Gasteiger partial charge in [0.05, 0.1) is 30.7 Å². The summed E-state index contributed by atoms with van der Waals surface area (Å²) in [6.07, 6.45) is 0. The minimum atomic E-state index is -6.09. The van der Waals surface area contributed by atoms with E-state index in [1.54, 1.807) is 0 Å². The van der Waals surface area contributed by atoms with Crippen LogP contribution in [0.1, 0.15) is 20.8 Å². The SMILES string of the molecule is CCOCCOc1ccc([S+](c2ccc(OCCOCC)cc2)c2ccc(OCCOCC)cc2)cc1.O=S(=O)([O-])C(F)(F)F. The van der Waals surface area contributed by atoms with E-state index in [9.17, 15) is 13.2 Å². The maximum Gasteiger partial charge on any atom is 0.485 e. The van der Waals surface area contributed by atoms with Crippen LogP contribution in [-0.4, -0.2) is 77.9 Å². The highest BCUT2D eigenvalue weighted by Crippen LogP contribution is 2.34. The Kier molecular flexibility index (Phi) is 17.1. The van der Waals surface area contributed by atoms with Gasteiger partial charge in [0.25, 0.3) is 0 Å². The molecule has 0 bridgehead atoms. The van der Waals surface area contributed by atoms with Gasteiger partial charge in [-0.05, 0) is 93.6 Å². The Morgan fingerprint density at radius 3 is 1.00 bits per heavy atom. The van der Waals surface area contributed by atoms with Crippen molar-refractivity contribution in [3.63, 3.8) is 0 Å². The highest BCUT2D eigenvalue weighted by atomic mass is 32.2. The van der Waals surface area contributed by atoms with Crippen molar-refractivity contribution in [2.45, 2.75) is 41.0 Å². The summed E-state index contributed by atoms with van der Waals surface area (Å²) in [6.45, 7) is 11.4. The number of benzene rings is 3. The van der Waals surface area contributed by atoms with E-state index < -0.39 is 15.6 Å². The smallest absolute Gasteiger partial charge is 0.485 e. The summed E-state index contributed by atoms with van der Waals surface area (Å²) in [5, 5.41) is 0. The molecule has 0 saturated carbocycles. The highest BCUT2D eigenvalue weighted by Gasteiger charge is 2.37. The molecule has 14 heteroatoms. The zero-order valence-electron chi connectivity index (χ0n) is 25.4. The Balaban J connectivity index is 0.000000777. The molecule has 3 aromatic carbocycles. The average molecular weight is 677 g/mol. The van der Waals surface area contributed by atoms with E-state index in [1.165, 1.54) is 14.7 Å². The van der Waals surface area contributed by atoms with Crippen molar-refractivity contribution in [2.75, 3.05) is 59.5 Å². The summed E-state index contributed by atoms with van der Waals surface area (Å²) < 4.78 is 92.5. The van der Waals surface area contributed by atoms with Gasteiger partial charge < -0.3 is 33.0 Å². The van der Waals surface area contributed by atoms with E-state index in [-0.39, 0.29) is 10.9 Å². The fourth-order valence-corrected chi connectivity index (χ4v) is 5.55. The van der Waals surface area contributed by atoms with E-state index in [4.69, 9.17) is 41.4 Å². The van der Waals surface area contributed by atoms with Crippen LogP contribution in [0.25, 0.3) is 0 Å².